The van der Waals surface area contributed by atoms with E-state index < -0.39 is 29.7 Å². The molecule has 1 unspecified atom stereocenters. The van der Waals surface area contributed by atoms with E-state index in [0.717, 1.165) is 4.90 Å². The van der Waals surface area contributed by atoms with Crippen LogP contribution in [0, 0.1) is 11.3 Å². The summed E-state index contributed by atoms with van der Waals surface area (Å²) in [6.07, 6.45) is 1.37. The molecule has 2 aliphatic heterocycles. The van der Waals surface area contributed by atoms with Crippen molar-refractivity contribution in [1.82, 2.24) is 4.90 Å². The van der Waals surface area contributed by atoms with Crippen molar-refractivity contribution in [2.45, 2.75) is 12.3 Å². The molecule has 0 aliphatic carbocycles. The van der Waals surface area contributed by atoms with Crippen molar-refractivity contribution in [2.75, 3.05) is 13.2 Å². The Balaban J connectivity index is 2.38. The van der Waals surface area contributed by atoms with Crippen molar-refractivity contribution in [3.8, 4) is 11.8 Å². The Morgan fingerprint density at radius 2 is 2.10 bits per heavy atom. The van der Waals surface area contributed by atoms with Crippen molar-refractivity contribution in [3.63, 3.8) is 0 Å². The van der Waals surface area contributed by atoms with E-state index >= 15 is 0 Å². The number of rotatable bonds is 5. The van der Waals surface area contributed by atoms with Crippen LogP contribution in [0.15, 0.2) is 59.6 Å². The predicted molar refractivity (Wildman–Crippen MR) is 100 cm³/mol. The summed E-state index contributed by atoms with van der Waals surface area (Å²) < 4.78 is 10.7. The third kappa shape index (κ3) is 2.73. The molecule has 9 heteroatoms. The van der Waals surface area contributed by atoms with E-state index in [2.05, 4.69) is 6.58 Å². The molecular formula is C20H18N4O5. The fourth-order valence-electron chi connectivity index (χ4n) is 3.70. The van der Waals surface area contributed by atoms with Gasteiger partial charge in [-0.05, 0) is 13.0 Å². The van der Waals surface area contributed by atoms with Crippen LogP contribution in [-0.4, -0.2) is 35.8 Å². The van der Waals surface area contributed by atoms with Gasteiger partial charge in [0.05, 0.1) is 5.57 Å². The monoisotopic (exact) mass is 394 g/mol. The number of fused-ring (bicyclic) bond motifs is 2. The molecule has 0 fully saturated rings. The predicted octanol–water partition coefficient (Wildman–Crippen LogP) is 0.341. The Kier molecular flexibility index (Phi) is 4.86. The number of allylic oxidation sites excluding steroid dienone is 1. The van der Waals surface area contributed by atoms with Gasteiger partial charge in [0.1, 0.15) is 30.5 Å². The molecule has 9 nitrogen and oxygen atoms in total. The molecule has 3 rings (SSSR count). The summed E-state index contributed by atoms with van der Waals surface area (Å²) in [6, 6.07) is 8.30. The second-order valence-electron chi connectivity index (χ2n) is 6.40. The molecule has 2 aliphatic rings. The number of nitriles is 1. The summed E-state index contributed by atoms with van der Waals surface area (Å²) in [5.41, 5.74) is 9.33. The average Bonchev–Trinajstić information content (AvgIpc) is 2.88. The number of carbonyl (C=O) groups is 3. The van der Waals surface area contributed by atoms with E-state index in [1.807, 2.05) is 6.07 Å². The number of amides is 2. The molecule has 1 aromatic rings. The maximum absolute atomic E-state index is 13.6. The maximum atomic E-state index is 13.6. The molecular weight excluding hydrogens is 376 g/mol. The number of esters is 1. The first-order valence-corrected chi connectivity index (χ1v) is 8.58. The van der Waals surface area contributed by atoms with E-state index in [4.69, 9.17) is 20.9 Å². The fraction of sp³-hybridized carbons (Fsp3) is 0.200. The Morgan fingerprint density at radius 3 is 2.72 bits per heavy atom. The van der Waals surface area contributed by atoms with E-state index in [9.17, 15) is 19.6 Å². The van der Waals surface area contributed by atoms with E-state index in [1.54, 1.807) is 24.3 Å². The van der Waals surface area contributed by atoms with Gasteiger partial charge in [0.2, 0.25) is 17.7 Å². The number of carbonyl (C=O) groups excluding carboxylic acids is 3. The number of nitrogens with two attached hydrogens (primary N) is 2. The van der Waals surface area contributed by atoms with E-state index in [-0.39, 0.29) is 40.6 Å². The largest absolute Gasteiger partial charge is 0.458 e. The average molecular weight is 394 g/mol. The number of ether oxygens (including phenoxy) is 2. The minimum Gasteiger partial charge on any atom is -0.458 e. The molecule has 1 aromatic carbocycles. The highest BCUT2D eigenvalue weighted by Crippen LogP contribution is 2.53. The SMILES string of the molecule is C=CCOC(=O)C1=C(C)N(CC(N)=O)C(=O)C12C(C#N)=C(N)Oc1ccccc12. The lowest BCUT2D eigenvalue weighted by molar-refractivity contribution is -0.140. The Bertz CT molecular complexity index is 1050. The van der Waals surface area contributed by atoms with Crippen LogP contribution in [0.4, 0.5) is 0 Å². The third-order valence-electron chi connectivity index (χ3n) is 4.80. The molecule has 1 atom stereocenters. The van der Waals surface area contributed by atoms with Crippen molar-refractivity contribution >= 4 is 17.8 Å². The second-order valence-corrected chi connectivity index (χ2v) is 6.40. The van der Waals surface area contributed by atoms with Crippen LogP contribution in [0.3, 0.4) is 0 Å². The van der Waals surface area contributed by atoms with Gasteiger partial charge in [0.25, 0.3) is 0 Å². The van der Waals surface area contributed by atoms with Crippen LogP contribution in [0.2, 0.25) is 0 Å². The number of para-hydroxylation sites is 1. The van der Waals surface area contributed by atoms with Gasteiger partial charge in [0, 0.05) is 11.3 Å². The van der Waals surface area contributed by atoms with Gasteiger partial charge >= 0.3 is 5.97 Å². The first-order chi connectivity index (χ1) is 13.8. The van der Waals surface area contributed by atoms with Crippen LogP contribution in [0.25, 0.3) is 0 Å². The zero-order chi connectivity index (χ0) is 21.3. The maximum Gasteiger partial charge on any atom is 0.337 e. The fourth-order valence-corrected chi connectivity index (χ4v) is 3.70. The molecule has 29 heavy (non-hydrogen) atoms. The molecule has 0 bridgehead atoms. The summed E-state index contributed by atoms with van der Waals surface area (Å²) in [4.78, 5) is 39.3. The van der Waals surface area contributed by atoms with Gasteiger partial charge in [-0.15, -0.1) is 0 Å². The molecule has 0 radical (unpaired) electrons. The number of primary amides is 1. The van der Waals surface area contributed by atoms with Crippen molar-refractivity contribution in [1.29, 1.82) is 5.26 Å². The van der Waals surface area contributed by atoms with Crippen molar-refractivity contribution in [3.05, 3.63) is 65.2 Å². The third-order valence-corrected chi connectivity index (χ3v) is 4.80. The molecule has 4 N–H and O–H groups in total. The molecule has 0 aromatic heterocycles. The standard InChI is InChI=1S/C20H18N4O5/c1-3-8-28-18(26)16-11(2)24(10-15(22)25)19(27)20(16)12-6-4-5-7-14(12)29-17(23)13(20)9-21/h3-7H,1,8,10,23H2,2H3,(H2,22,25). The van der Waals surface area contributed by atoms with Crippen molar-refractivity contribution in [2.24, 2.45) is 11.5 Å². The van der Waals surface area contributed by atoms with E-state index in [0.29, 0.717) is 0 Å². The lowest BCUT2D eigenvalue weighted by atomic mass is 9.68. The molecule has 2 heterocycles. The number of benzene rings is 1. The molecule has 1 spiro atoms. The summed E-state index contributed by atoms with van der Waals surface area (Å²) in [7, 11) is 0. The first kappa shape index (κ1) is 19.7. The van der Waals surface area contributed by atoms with Gasteiger partial charge in [-0.25, -0.2) is 4.79 Å². The van der Waals surface area contributed by atoms with E-state index in [1.165, 1.54) is 13.0 Å². The summed E-state index contributed by atoms with van der Waals surface area (Å²) >= 11 is 0. The number of nitrogens with zero attached hydrogens (tertiary/aromatic N) is 2. The Labute approximate surface area is 166 Å². The smallest absolute Gasteiger partial charge is 0.337 e. The first-order valence-electron chi connectivity index (χ1n) is 8.58. The minimum absolute atomic E-state index is 0.116. The Morgan fingerprint density at radius 1 is 1.41 bits per heavy atom. The second kappa shape index (κ2) is 7.16. The van der Waals surface area contributed by atoms with Crippen LogP contribution < -0.4 is 16.2 Å². The van der Waals surface area contributed by atoms with Crippen LogP contribution in [-0.2, 0) is 24.5 Å². The molecule has 0 saturated heterocycles. The lowest BCUT2D eigenvalue weighted by Crippen LogP contribution is -2.48. The lowest BCUT2D eigenvalue weighted by Gasteiger charge is -2.35. The molecule has 0 saturated carbocycles. The normalized spacial score (nSPS) is 20.3. The molecule has 2 amide bonds. The van der Waals surface area contributed by atoms with Crippen LogP contribution in [0.5, 0.6) is 5.75 Å². The van der Waals surface area contributed by atoms with Crippen molar-refractivity contribution < 1.29 is 23.9 Å². The van der Waals surface area contributed by atoms with Crippen LogP contribution >= 0.6 is 0 Å². The zero-order valence-corrected chi connectivity index (χ0v) is 15.6. The quantitative estimate of drug-likeness (QED) is 0.540. The van der Waals surface area contributed by atoms with Gasteiger partial charge in [-0.2, -0.15) is 5.26 Å². The highest BCUT2D eigenvalue weighted by molar-refractivity contribution is 6.13. The summed E-state index contributed by atoms with van der Waals surface area (Å²) in [5.74, 6) is -2.46. The van der Waals surface area contributed by atoms with Gasteiger partial charge < -0.3 is 25.8 Å². The zero-order valence-electron chi connectivity index (χ0n) is 15.6. The van der Waals surface area contributed by atoms with Crippen LogP contribution in [0.1, 0.15) is 12.5 Å². The highest BCUT2D eigenvalue weighted by Gasteiger charge is 2.62. The molecule has 148 valence electrons. The summed E-state index contributed by atoms with van der Waals surface area (Å²) in [6.45, 7) is 4.38. The topological polar surface area (TPSA) is 149 Å². The van der Waals surface area contributed by atoms with Gasteiger partial charge in [0.15, 0.2) is 5.41 Å². The van der Waals surface area contributed by atoms with Gasteiger partial charge in [-0.1, -0.05) is 30.9 Å². The number of hydrogen-bond acceptors (Lipinski definition) is 7. The summed E-state index contributed by atoms with van der Waals surface area (Å²) in [5, 5.41) is 9.84. The minimum atomic E-state index is -1.91. The highest BCUT2D eigenvalue weighted by atomic mass is 16.5. The number of hydrogen-bond donors (Lipinski definition) is 2. The van der Waals surface area contributed by atoms with Gasteiger partial charge in [-0.3, -0.25) is 9.59 Å². The Hall–Kier alpha value is -4.06.